The number of nitrogens with one attached hydrogen (secondary N) is 3. The van der Waals surface area contributed by atoms with E-state index in [1.807, 2.05) is 13.0 Å². The molecule has 0 bridgehead atoms. The lowest BCUT2D eigenvalue weighted by molar-refractivity contribution is 0.0951. The third-order valence-electron chi connectivity index (χ3n) is 4.13. The Balaban J connectivity index is 1.46. The van der Waals surface area contributed by atoms with Crippen LogP contribution >= 0.6 is 11.6 Å². The molecule has 142 valence electrons. The van der Waals surface area contributed by atoms with Crippen molar-refractivity contribution in [2.45, 2.75) is 25.8 Å². The second-order valence-electron chi connectivity index (χ2n) is 6.46. The minimum atomic E-state index is -0.349. The van der Waals surface area contributed by atoms with Crippen molar-refractivity contribution >= 4 is 29.2 Å². The summed E-state index contributed by atoms with van der Waals surface area (Å²) in [4.78, 5) is 24.2. The molecule has 1 fully saturated rings. The van der Waals surface area contributed by atoms with Gasteiger partial charge in [0, 0.05) is 22.3 Å². The largest absolute Gasteiger partial charge is 0.492 e. The molecule has 6 nitrogen and oxygen atoms in total. The van der Waals surface area contributed by atoms with Crippen molar-refractivity contribution in [1.29, 1.82) is 0 Å². The Labute approximate surface area is 163 Å². The van der Waals surface area contributed by atoms with Crippen molar-refractivity contribution < 1.29 is 14.3 Å². The van der Waals surface area contributed by atoms with Gasteiger partial charge in [-0.25, -0.2) is 4.79 Å². The van der Waals surface area contributed by atoms with Gasteiger partial charge < -0.3 is 20.7 Å². The van der Waals surface area contributed by atoms with E-state index in [2.05, 4.69) is 16.0 Å². The maximum atomic E-state index is 12.1. The summed E-state index contributed by atoms with van der Waals surface area (Å²) < 4.78 is 5.52. The predicted octanol–water partition coefficient (Wildman–Crippen LogP) is 3.74. The molecule has 1 aliphatic rings. The van der Waals surface area contributed by atoms with Crippen LogP contribution in [0.4, 0.5) is 10.5 Å². The highest BCUT2D eigenvalue weighted by Gasteiger charge is 2.24. The highest BCUT2D eigenvalue weighted by atomic mass is 35.5. The van der Waals surface area contributed by atoms with Gasteiger partial charge in [-0.2, -0.15) is 0 Å². The SMILES string of the molecule is Cc1ccc(C(=O)NC2CC2)cc1NC(=O)NCCOc1ccc(Cl)cc1. The van der Waals surface area contributed by atoms with Crippen LogP contribution in [0.1, 0.15) is 28.8 Å². The van der Waals surface area contributed by atoms with Crippen molar-refractivity contribution in [1.82, 2.24) is 10.6 Å². The number of halogens is 1. The van der Waals surface area contributed by atoms with Crippen LogP contribution < -0.4 is 20.7 Å². The fourth-order valence-electron chi connectivity index (χ4n) is 2.43. The molecule has 27 heavy (non-hydrogen) atoms. The summed E-state index contributed by atoms with van der Waals surface area (Å²) in [6, 6.07) is 12.2. The number of carbonyl (C=O) groups is 2. The highest BCUT2D eigenvalue weighted by Crippen LogP contribution is 2.21. The van der Waals surface area contributed by atoms with Crippen LogP contribution in [0.5, 0.6) is 5.75 Å². The van der Waals surface area contributed by atoms with E-state index in [1.165, 1.54) is 0 Å². The number of ether oxygens (including phenoxy) is 1. The third kappa shape index (κ3) is 5.89. The first-order chi connectivity index (χ1) is 13.0. The van der Waals surface area contributed by atoms with Crippen LogP contribution in [0.2, 0.25) is 5.02 Å². The van der Waals surface area contributed by atoms with Gasteiger partial charge in [0.2, 0.25) is 0 Å². The molecular weight excluding hydrogens is 366 g/mol. The standard InChI is InChI=1S/C20H22ClN3O3/c1-13-2-3-14(19(25)23-16-6-7-16)12-18(13)24-20(26)22-10-11-27-17-8-4-15(21)5-9-17/h2-5,8-9,12,16H,6-7,10-11H2,1H3,(H,23,25)(H2,22,24,26). The Hall–Kier alpha value is -2.73. The molecule has 7 heteroatoms. The first-order valence-corrected chi connectivity index (χ1v) is 9.24. The van der Waals surface area contributed by atoms with Gasteiger partial charge in [-0.3, -0.25) is 4.79 Å². The summed E-state index contributed by atoms with van der Waals surface area (Å²) in [7, 11) is 0. The fourth-order valence-corrected chi connectivity index (χ4v) is 2.55. The minimum Gasteiger partial charge on any atom is -0.492 e. The number of aryl methyl sites for hydroxylation is 1. The van der Waals surface area contributed by atoms with Crippen molar-refractivity contribution in [3.63, 3.8) is 0 Å². The molecule has 0 radical (unpaired) electrons. The minimum absolute atomic E-state index is 0.114. The average Bonchev–Trinajstić information content (AvgIpc) is 3.46. The maximum absolute atomic E-state index is 12.1. The first kappa shape index (κ1) is 19.0. The number of urea groups is 1. The Morgan fingerprint density at radius 2 is 1.89 bits per heavy atom. The highest BCUT2D eigenvalue weighted by molar-refractivity contribution is 6.30. The Morgan fingerprint density at radius 3 is 2.59 bits per heavy atom. The van der Waals surface area contributed by atoms with Gasteiger partial charge in [-0.05, 0) is 61.7 Å². The number of hydrogen-bond acceptors (Lipinski definition) is 3. The van der Waals surface area contributed by atoms with E-state index in [-0.39, 0.29) is 11.9 Å². The van der Waals surface area contributed by atoms with Crippen molar-refractivity contribution in [2.24, 2.45) is 0 Å². The van der Waals surface area contributed by atoms with Crippen LogP contribution in [-0.2, 0) is 0 Å². The van der Waals surface area contributed by atoms with Gasteiger partial charge in [-0.15, -0.1) is 0 Å². The summed E-state index contributed by atoms with van der Waals surface area (Å²) >= 11 is 5.82. The fraction of sp³-hybridized carbons (Fsp3) is 0.300. The molecule has 3 amide bonds. The molecule has 2 aromatic rings. The summed E-state index contributed by atoms with van der Waals surface area (Å²) in [6.07, 6.45) is 2.06. The van der Waals surface area contributed by atoms with Gasteiger partial charge in [-0.1, -0.05) is 17.7 Å². The number of anilines is 1. The molecule has 0 spiro atoms. The van der Waals surface area contributed by atoms with Crippen molar-refractivity contribution in [2.75, 3.05) is 18.5 Å². The van der Waals surface area contributed by atoms with Gasteiger partial charge in [0.25, 0.3) is 5.91 Å². The predicted molar refractivity (Wildman–Crippen MR) is 106 cm³/mol. The second kappa shape index (κ2) is 8.77. The van der Waals surface area contributed by atoms with Crippen molar-refractivity contribution in [3.8, 4) is 5.75 Å². The number of rotatable bonds is 7. The Bertz CT molecular complexity index is 820. The molecule has 0 atom stereocenters. The molecule has 0 aromatic heterocycles. The smallest absolute Gasteiger partial charge is 0.319 e. The number of benzene rings is 2. The molecule has 0 heterocycles. The molecule has 0 saturated heterocycles. The Morgan fingerprint density at radius 1 is 1.15 bits per heavy atom. The van der Waals surface area contributed by atoms with Crippen LogP contribution in [-0.4, -0.2) is 31.1 Å². The molecule has 0 aliphatic heterocycles. The van der Waals surface area contributed by atoms with Crippen LogP contribution in [0, 0.1) is 6.92 Å². The van der Waals surface area contributed by atoms with E-state index in [0.29, 0.717) is 41.2 Å². The molecule has 1 saturated carbocycles. The lowest BCUT2D eigenvalue weighted by Crippen LogP contribution is -2.32. The van der Waals surface area contributed by atoms with Crippen LogP contribution in [0.3, 0.4) is 0 Å². The molecule has 0 unspecified atom stereocenters. The number of hydrogen-bond donors (Lipinski definition) is 3. The van der Waals surface area contributed by atoms with Gasteiger partial charge in [0.05, 0.1) is 6.54 Å². The monoisotopic (exact) mass is 387 g/mol. The van der Waals surface area contributed by atoms with E-state index in [0.717, 1.165) is 18.4 Å². The lowest BCUT2D eigenvalue weighted by atomic mass is 10.1. The molecule has 3 rings (SSSR count). The molecule has 2 aromatic carbocycles. The topological polar surface area (TPSA) is 79.5 Å². The van der Waals surface area contributed by atoms with Gasteiger partial charge in [0.1, 0.15) is 12.4 Å². The normalized spacial score (nSPS) is 13.0. The zero-order valence-corrected chi connectivity index (χ0v) is 15.8. The molecule has 3 N–H and O–H groups in total. The second-order valence-corrected chi connectivity index (χ2v) is 6.90. The zero-order chi connectivity index (χ0) is 19.2. The van der Waals surface area contributed by atoms with E-state index in [4.69, 9.17) is 16.3 Å². The summed E-state index contributed by atoms with van der Waals surface area (Å²) in [5.74, 6) is 0.573. The van der Waals surface area contributed by atoms with Crippen molar-refractivity contribution in [3.05, 3.63) is 58.6 Å². The summed E-state index contributed by atoms with van der Waals surface area (Å²) in [5.41, 5.74) is 2.02. The molecule has 1 aliphatic carbocycles. The van der Waals surface area contributed by atoms with E-state index in [9.17, 15) is 9.59 Å². The average molecular weight is 388 g/mol. The lowest BCUT2D eigenvalue weighted by Gasteiger charge is -2.12. The Kier molecular flexibility index (Phi) is 6.19. The molecular formula is C20H22ClN3O3. The van der Waals surface area contributed by atoms with E-state index < -0.39 is 0 Å². The van der Waals surface area contributed by atoms with Gasteiger partial charge >= 0.3 is 6.03 Å². The third-order valence-corrected chi connectivity index (χ3v) is 4.38. The van der Waals surface area contributed by atoms with Crippen LogP contribution in [0.25, 0.3) is 0 Å². The number of amides is 3. The van der Waals surface area contributed by atoms with E-state index >= 15 is 0 Å². The quantitative estimate of drug-likeness (QED) is 0.633. The van der Waals surface area contributed by atoms with Crippen LogP contribution in [0.15, 0.2) is 42.5 Å². The first-order valence-electron chi connectivity index (χ1n) is 8.86. The van der Waals surface area contributed by atoms with Gasteiger partial charge in [0.15, 0.2) is 0 Å². The summed E-state index contributed by atoms with van der Waals surface area (Å²) in [6.45, 7) is 2.55. The number of carbonyl (C=O) groups excluding carboxylic acids is 2. The van der Waals surface area contributed by atoms with E-state index in [1.54, 1.807) is 36.4 Å². The summed E-state index contributed by atoms with van der Waals surface area (Å²) in [5, 5.41) is 9.09. The zero-order valence-electron chi connectivity index (χ0n) is 15.0. The maximum Gasteiger partial charge on any atom is 0.319 e.